The Kier molecular flexibility index (Phi) is 2.93. The Labute approximate surface area is 116 Å². The van der Waals surface area contributed by atoms with Gasteiger partial charge in [-0.1, -0.05) is 12.1 Å². The highest BCUT2D eigenvalue weighted by molar-refractivity contribution is 6.22. The Balaban J connectivity index is 2.37. The fraction of sp³-hybridized carbons (Fsp3) is 0.250. The lowest BCUT2D eigenvalue weighted by Crippen LogP contribution is -2.24. The van der Waals surface area contributed by atoms with Crippen LogP contribution in [0.25, 0.3) is 10.8 Å². The zero-order valence-corrected chi connectivity index (χ0v) is 11.5. The molecule has 0 saturated heterocycles. The van der Waals surface area contributed by atoms with Crippen molar-refractivity contribution in [2.45, 2.75) is 13.8 Å². The molecule has 0 bridgehead atoms. The number of hydrogen-bond donors (Lipinski definition) is 0. The molecule has 0 spiro atoms. The van der Waals surface area contributed by atoms with Crippen molar-refractivity contribution >= 4 is 28.4 Å². The maximum atomic E-state index is 11.8. The Morgan fingerprint density at radius 2 is 1.60 bits per heavy atom. The molecular weight excluding hydrogens is 254 g/mol. The van der Waals surface area contributed by atoms with E-state index < -0.39 is 11.9 Å². The molecule has 0 amide bonds. The summed E-state index contributed by atoms with van der Waals surface area (Å²) in [6.07, 6.45) is 0. The molecule has 0 aliphatic carbocycles. The minimum absolute atomic E-state index is 0.464. The molecule has 102 valence electrons. The van der Waals surface area contributed by atoms with Gasteiger partial charge in [0.25, 0.3) is 0 Å². The van der Waals surface area contributed by atoms with Gasteiger partial charge < -0.3 is 9.64 Å². The van der Waals surface area contributed by atoms with Crippen LogP contribution >= 0.6 is 0 Å². The molecule has 2 aromatic carbocycles. The third-order valence-electron chi connectivity index (χ3n) is 3.75. The standard InChI is InChI=1S/C16H15NO3/c1-3-17(4-2)13-9-8-12-14-10(13)6-5-7-11(14)15(18)20-16(12)19/h5-9H,3-4H2,1-2H3. The largest absolute Gasteiger partial charge is 0.386 e. The number of carbonyl (C=O) groups excluding carboxylic acids is 2. The molecule has 0 aromatic heterocycles. The van der Waals surface area contributed by atoms with Crippen LogP contribution in [0.1, 0.15) is 34.6 Å². The van der Waals surface area contributed by atoms with Crippen molar-refractivity contribution in [1.82, 2.24) is 0 Å². The Morgan fingerprint density at radius 1 is 0.950 bits per heavy atom. The van der Waals surface area contributed by atoms with Crippen LogP contribution in [-0.4, -0.2) is 25.0 Å². The summed E-state index contributed by atoms with van der Waals surface area (Å²) in [4.78, 5) is 25.9. The van der Waals surface area contributed by atoms with Crippen LogP contribution in [0.5, 0.6) is 0 Å². The van der Waals surface area contributed by atoms with Crippen LogP contribution in [0.2, 0.25) is 0 Å². The summed E-state index contributed by atoms with van der Waals surface area (Å²) in [5, 5.41) is 1.63. The lowest BCUT2D eigenvalue weighted by atomic mass is 9.95. The van der Waals surface area contributed by atoms with Crippen LogP contribution in [0.3, 0.4) is 0 Å². The maximum absolute atomic E-state index is 11.8. The Bertz CT molecular complexity index is 697. The molecule has 1 aliphatic rings. The van der Waals surface area contributed by atoms with E-state index >= 15 is 0 Å². The van der Waals surface area contributed by atoms with E-state index in [1.165, 1.54) is 0 Å². The van der Waals surface area contributed by atoms with E-state index in [-0.39, 0.29) is 0 Å². The minimum atomic E-state index is -0.565. The zero-order chi connectivity index (χ0) is 14.3. The van der Waals surface area contributed by atoms with Gasteiger partial charge in [-0.15, -0.1) is 0 Å². The topological polar surface area (TPSA) is 46.6 Å². The number of carbonyl (C=O) groups is 2. The molecule has 0 N–H and O–H groups in total. The van der Waals surface area contributed by atoms with Gasteiger partial charge in [0, 0.05) is 29.5 Å². The number of ether oxygens (including phenoxy) is 1. The van der Waals surface area contributed by atoms with E-state index in [9.17, 15) is 9.59 Å². The smallest absolute Gasteiger partial charge is 0.346 e. The van der Waals surface area contributed by atoms with Gasteiger partial charge in [0.15, 0.2) is 0 Å². The number of hydrogen-bond acceptors (Lipinski definition) is 4. The maximum Gasteiger partial charge on any atom is 0.346 e. The number of benzene rings is 2. The normalized spacial score (nSPS) is 13.5. The summed E-state index contributed by atoms with van der Waals surface area (Å²) in [5.74, 6) is -1.13. The van der Waals surface area contributed by atoms with Gasteiger partial charge in [-0.05, 0) is 32.0 Å². The molecule has 1 aliphatic heterocycles. The van der Waals surface area contributed by atoms with Crippen molar-refractivity contribution in [2.24, 2.45) is 0 Å². The highest BCUT2D eigenvalue weighted by Crippen LogP contribution is 2.34. The molecule has 0 radical (unpaired) electrons. The third kappa shape index (κ3) is 1.68. The van der Waals surface area contributed by atoms with Crippen molar-refractivity contribution in [2.75, 3.05) is 18.0 Å². The summed E-state index contributed by atoms with van der Waals surface area (Å²) >= 11 is 0. The predicted molar refractivity (Wildman–Crippen MR) is 77.3 cm³/mol. The number of nitrogens with zero attached hydrogens (tertiary/aromatic N) is 1. The van der Waals surface area contributed by atoms with E-state index in [4.69, 9.17) is 4.74 Å². The van der Waals surface area contributed by atoms with Gasteiger partial charge in [-0.3, -0.25) is 0 Å². The monoisotopic (exact) mass is 269 g/mol. The first-order valence-corrected chi connectivity index (χ1v) is 6.74. The van der Waals surface area contributed by atoms with Crippen LogP contribution < -0.4 is 4.90 Å². The molecular formula is C16H15NO3. The average Bonchev–Trinajstić information content (AvgIpc) is 2.46. The Hall–Kier alpha value is -2.36. The second kappa shape index (κ2) is 4.63. The quantitative estimate of drug-likeness (QED) is 0.635. The zero-order valence-electron chi connectivity index (χ0n) is 11.5. The van der Waals surface area contributed by atoms with Crippen LogP contribution in [0.4, 0.5) is 5.69 Å². The number of rotatable bonds is 3. The summed E-state index contributed by atoms with van der Waals surface area (Å²) in [6, 6.07) is 9.14. The van der Waals surface area contributed by atoms with Gasteiger partial charge in [0.1, 0.15) is 0 Å². The summed E-state index contributed by atoms with van der Waals surface area (Å²) < 4.78 is 4.76. The Morgan fingerprint density at radius 3 is 2.25 bits per heavy atom. The second-order valence-electron chi connectivity index (χ2n) is 4.71. The van der Waals surface area contributed by atoms with E-state index in [1.54, 1.807) is 12.1 Å². The number of esters is 2. The minimum Gasteiger partial charge on any atom is -0.386 e. The molecule has 0 fully saturated rings. The van der Waals surface area contributed by atoms with E-state index in [2.05, 4.69) is 18.7 Å². The fourth-order valence-electron chi connectivity index (χ4n) is 2.77. The van der Waals surface area contributed by atoms with E-state index in [0.717, 1.165) is 24.2 Å². The van der Waals surface area contributed by atoms with Crippen molar-refractivity contribution in [3.8, 4) is 0 Å². The highest BCUT2D eigenvalue weighted by Gasteiger charge is 2.28. The summed E-state index contributed by atoms with van der Waals surface area (Å²) in [7, 11) is 0. The molecule has 2 aromatic rings. The van der Waals surface area contributed by atoms with Crippen LogP contribution in [0, 0.1) is 0 Å². The number of anilines is 1. The lowest BCUT2D eigenvalue weighted by molar-refractivity contribution is 0.0391. The third-order valence-corrected chi connectivity index (χ3v) is 3.75. The predicted octanol–water partition coefficient (Wildman–Crippen LogP) is 3.00. The lowest BCUT2D eigenvalue weighted by Gasteiger charge is -2.25. The average molecular weight is 269 g/mol. The SMILES string of the molecule is CCN(CC)c1ccc2c3c(cccc13)C(=O)OC2=O. The molecule has 1 heterocycles. The first-order valence-electron chi connectivity index (χ1n) is 6.74. The van der Waals surface area contributed by atoms with Crippen molar-refractivity contribution in [3.63, 3.8) is 0 Å². The number of cyclic esters (lactones) is 2. The molecule has 4 nitrogen and oxygen atoms in total. The van der Waals surface area contributed by atoms with Gasteiger partial charge in [0.05, 0.1) is 11.1 Å². The summed E-state index contributed by atoms with van der Waals surface area (Å²) in [6.45, 7) is 5.90. The van der Waals surface area contributed by atoms with Crippen LogP contribution in [0.15, 0.2) is 30.3 Å². The molecule has 0 unspecified atom stereocenters. The van der Waals surface area contributed by atoms with E-state index in [1.807, 2.05) is 18.2 Å². The first-order chi connectivity index (χ1) is 9.67. The van der Waals surface area contributed by atoms with Gasteiger partial charge >= 0.3 is 11.9 Å². The van der Waals surface area contributed by atoms with Crippen molar-refractivity contribution in [1.29, 1.82) is 0 Å². The molecule has 0 atom stereocenters. The molecule has 20 heavy (non-hydrogen) atoms. The molecule has 4 heteroatoms. The van der Waals surface area contributed by atoms with Gasteiger partial charge in [-0.2, -0.15) is 0 Å². The van der Waals surface area contributed by atoms with Crippen LogP contribution in [-0.2, 0) is 4.74 Å². The first kappa shape index (κ1) is 12.7. The molecule has 3 rings (SSSR count). The summed E-state index contributed by atoms with van der Waals surface area (Å²) in [5.41, 5.74) is 1.97. The fourth-order valence-corrected chi connectivity index (χ4v) is 2.77. The van der Waals surface area contributed by atoms with Crippen molar-refractivity contribution < 1.29 is 14.3 Å². The van der Waals surface area contributed by atoms with Crippen molar-refractivity contribution in [3.05, 3.63) is 41.5 Å². The molecule has 0 saturated carbocycles. The van der Waals surface area contributed by atoms with E-state index in [0.29, 0.717) is 16.5 Å². The second-order valence-corrected chi connectivity index (χ2v) is 4.71. The van der Waals surface area contributed by atoms with Gasteiger partial charge in [0.2, 0.25) is 0 Å². The highest BCUT2D eigenvalue weighted by atomic mass is 16.6. The van der Waals surface area contributed by atoms with Gasteiger partial charge in [-0.25, -0.2) is 9.59 Å².